The molecule has 1 aliphatic carbocycles. The van der Waals surface area contributed by atoms with E-state index in [2.05, 4.69) is 52.1 Å². The minimum absolute atomic E-state index is 0.949. The van der Waals surface area contributed by atoms with Crippen molar-refractivity contribution in [1.82, 2.24) is 4.98 Å². The average molecular weight is 250 g/mol. The van der Waals surface area contributed by atoms with Crippen LogP contribution in [0.2, 0.25) is 0 Å². The van der Waals surface area contributed by atoms with E-state index >= 15 is 0 Å². The van der Waals surface area contributed by atoms with Crippen LogP contribution in [0.1, 0.15) is 23.2 Å². The van der Waals surface area contributed by atoms with Crippen LogP contribution in [0, 0.1) is 6.92 Å². The lowest BCUT2D eigenvalue weighted by molar-refractivity contribution is 0.967. The predicted octanol–water partition coefficient (Wildman–Crippen LogP) is 3.67. The van der Waals surface area contributed by atoms with Crippen molar-refractivity contribution in [3.8, 4) is 0 Å². The topological polar surface area (TPSA) is 12.9 Å². The Kier molecular flexibility index (Phi) is 2.82. The Morgan fingerprint density at radius 2 is 2.21 bits per heavy atom. The van der Waals surface area contributed by atoms with Crippen molar-refractivity contribution in [2.75, 3.05) is 0 Å². The molecular weight excluding hydrogens is 238 g/mol. The van der Waals surface area contributed by atoms with E-state index in [1.165, 1.54) is 11.1 Å². The van der Waals surface area contributed by atoms with Crippen LogP contribution >= 0.6 is 15.9 Å². The second kappa shape index (κ2) is 4.09. The third kappa shape index (κ3) is 1.95. The van der Waals surface area contributed by atoms with Crippen molar-refractivity contribution in [2.24, 2.45) is 0 Å². The molecule has 0 aliphatic heterocycles. The van der Waals surface area contributed by atoms with Crippen LogP contribution in [-0.2, 0) is 6.42 Å². The highest BCUT2D eigenvalue weighted by atomic mass is 79.9. The molecule has 1 aromatic heterocycles. The normalized spacial score (nSPS) is 14.7. The number of nitrogens with zero attached hydrogens (tertiary/aromatic N) is 1. The van der Waals surface area contributed by atoms with Gasteiger partial charge in [0.1, 0.15) is 4.60 Å². The molecule has 2 rings (SSSR count). The second-order valence-corrected chi connectivity index (χ2v) is 4.22. The average Bonchev–Trinajstić information content (AvgIpc) is 2.13. The summed E-state index contributed by atoms with van der Waals surface area (Å²) in [5.41, 5.74) is 3.64. The van der Waals surface area contributed by atoms with Crippen molar-refractivity contribution in [3.63, 3.8) is 0 Å². The number of aryl methyl sites for hydroxylation is 2. The molecule has 0 atom stereocenters. The highest BCUT2D eigenvalue weighted by Gasteiger charge is 2.05. The smallest absolute Gasteiger partial charge is 0.109 e. The molecule has 1 heterocycles. The summed E-state index contributed by atoms with van der Waals surface area (Å²) in [5.74, 6) is 0. The van der Waals surface area contributed by atoms with Gasteiger partial charge in [-0.1, -0.05) is 24.3 Å². The van der Waals surface area contributed by atoms with E-state index in [4.69, 9.17) is 0 Å². The number of allylic oxidation sites excluding steroid dienone is 3. The standard InChI is InChI=1S/C12H12BrN/c1-9-8-10-6-4-2-3-5-7-11(10)14-12(9)13/h2-3,5,7-8H,4,6H2,1H3. The summed E-state index contributed by atoms with van der Waals surface area (Å²) >= 11 is 3.46. The van der Waals surface area contributed by atoms with Crippen LogP contribution in [-0.4, -0.2) is 4.98 Å². The summed E-state index contributed by atoms with van der Waals surface area (Å²) in [6, 6.07) is 2.22. The van der Waals surface area contributed by atoms with Crippen LogP contribution in [0.3, 0.4) is 0 Å². The summed E-state index contributed by atoms with van der Waals surface area (Å²) in [7, 11) is 0. The maximum Gasteiger partial charge on any atom is 0.109 e. The van der Waals surface area contributed by atoms with Gasteiger partial charge in [0.15, 0.2) is 0 Å². The van der Waals surface area contributed by atoms with E-state index in [0.29, 0.717) is 0 Å². The Hall–Kier alpha value is -0.890. The van der Waals surface area contributed by atoms with E-state index in [9.17, 15) is 0 Å². The Morgan fingerprint density at radius 3 is 3.07 bits per heavy atom. The number of aromatic nitrogens is 1. The molecular formula is C12H12BrN. The first kappa shape index (κ1) is 9.66. The van der Waals surface area contributed by atoms with E-state index < -0.39 is 0 Å². The summed E-state index contributed by atoms with van der Waals surface area (Å²) in [5, 5.41) is 0. The maximum absolute atomic E-state index is 4.51. The minimum atomic E-state index is 0.949. The largest absolute Gasteiger partial charge is 0.241 e. The zero-order valence-electron chi connectivity index (χ0n) is 8.13. The van der Waals surface area contributed by atoms with Gasteiger partial charge in [-0.25, -0.2) is 4.98 Å². The number of pyridine rings is 1. The quantitative estimate of drug-likeness (QED) is 0.640. The molecule has 0 radical (unpaired) electrons. The van der Waals surface area contributed by atoms with Gasteiger partial charge < -0.3 is 0 Å². The van der Waals surface area contributed by atoms with Crippen molar-refractivity contribution >= 4 is 22.0 Å². The zero-order valence-corrected chi connectivity index (χ0v) is 9.71. The van der Waals surface area contributed by atoms with Gasteiger partial charge in [-0.3, -0.25) is 0 Å². The molecule has 0 amide bonds. The van der Waals surface area contributed by atoms with Crippen molar-refractivity contribution in [1.29, 1.82) is 0 Å². The number of halogens is 1. The Bertz CT molecular complexity index is 405. The molecule has 1 aromatic rings. The van der Waals surface area contributed by atoms with E-state index in [1.54, 1.807) is 0 Å². The van der Waals surface area contributed by atoms with E-state index in [-0.39, 0.29) is 0 Å². The van der Waals surface area contributed by atoms with Crippen molar-refractivity contribution in [2.45, 2.75) is 19.8 Å². The summed E-state index contributed by atoms with van der Waals surface area (Å²) < 4.78 is 0.949. The van der Waals surface area contributed by atoms with Gasteiger partial charge in [0, 0.05) is 0 Å². The molecule has 0 fully saturated rings. The highest BCUT2D eigenvalue weighted by molar-refractivity contribution is 9.10. The third-order valence-electron chi connectivity index (χ3n) is 2.35. The maximum atomic E-state index is 4.51. The Labute approximate surface area is 92.7 Å². The predicted molar refractivity (Wildman–Crippen MR) is 63.2 cm³/mol. The van der Waals surface area contributed by atoms with Gasteiger partial charge in [-0.05, 0) is 52.9 Å². The van der Waals surface area contributed by atoms with Gasteiger partial charge in [0.25, 0.3) is 0 Å². The second-order valence-electron chi connectivity index (χ2n) is 3.47. The molecule has 0 unspecified atom stereocenters. The Balaban J connectivity index is 2.51. The fourth-order valence-electron chi connectivity index (χ4n) is 1.57. The summed E-state index contributed by atoms with van der Waals surface area (Å²) in [6.07, 6.45) is 10.6. The Morgan fingerprint density at radius 1 is 1.36 bits per heavy atom. The SMILES string of the molecule is Cc1cc2c(nc1Br)C=CC=CCC2. The van der Waals surface area contributed by atoms with Crippen LogP contribution in [0.15, 0.2) is 28.9 Å². The molecule has 0 N–H and O–H groups in total. The van der Waals surface area contributed by atoms with Crippen LogP contribution < -0.4 is 0 Å². The molecule has 0 bridgehead atoms. The first-order valence-electron chi connectivity index (χ1n) is 4.76. The van der Waals surface area contributed by atoms with Crippen molar-refractivity contribution < 1.29 is 0 Å². The number of hydrogen-bond acceptors (Lipinski definition) is 1. The highest BCUT2D eigenvalue weighted by Crippen LogP contribution is 2.21. The van der Waals surface area contributed by atoms with E-state index in [0.717, 1.165) is 23.1 Å². The number of fused-ring (bicyclic) bond motifs is 1. The molecule has 1 nitrogen and oxygen atoms in total. The van der Waals surface area contributed by atoms with Gasteiger partial charge in [0.05, 0.1) is 5.69 Å². The van der Waals surface area contributed by atoms with Gasteiger partial charge in [-0.2, -0.15) is 0 Å². The molecule has 1 aliphatic rings. The first-order chi connectivity index (χ1) is 6.77. The molecule has 14 heavy (non-hydrogen) atoms. The minimum Gasteiger partial charge on any atom is -0.241 e. The van der Waals surface area contributed by atoms with Gasteiger partial charge in [0.2, 0.25) is 0 Å². The third-order valence-corrected chi connectivity index (χ3v) is 3.15. The lowest BCUT2D eigenvalue weighted by atomic mass is 10.0. The fourth-order valence-corrected chi connectivity index (χ4v) is 1.87. The lowest BCUT2D eigenvalue weighted by Gasteiger charge is -2.08. The lowest BCUT2D eigenvalue weighted by Crippen LogP contribution is -1.96. The van der Waals surface area contributed by atoms with E-state index in [1.807, 2.05) is 6.08 Å². The van der Waals surface area contributed by atoms with Gasteiger partial charge >= 0.3 is 0 Å². The molecule has 0 aromatic carbocycles. The fraction of sp³-hybridized carbons (Fsp3) is 0.250. The molecule has 2 heteroatoms. The van der Waals surface area contributed by atoms with Gasteiger partial charge in [-0.15, -0.1) is 0 Å². The first-order valence-corrected chi connectivity index (χ1v) is 5.56. The molecule has 0 saturated carbocycles. The van der Waals surface area contributed by atoms with Crippen LogP contribution in [0.5, 0.6) is 0 Å². The summed E-state index contributed by atoms with van der Waals surface area (Å²) in [4.78, 5) is 4.51. The van der Waals surface area contributed by atoms with Crippen LogP contribution in [0.4, 0.5) is 0 Å². The number of rotatable bonds is 0. The summed E-state index contributed by atoms with van der Waals surface area (Å²) in [6.45, 7) is 2.08. The zero-order chi connectivity index (χ0) is 9.97. The monoisotopic (exact) mass is 249 g/mol. The van der Waals surface area contributed by atoms with Crippen LogP contribution in [0.25, 0.3) is 6.08 Å². The number of hydrogen-bond donors (Lipinski definition) is 0. The van der Waals surface area contributed by atoms with Crippen molar-refractivity contribution in [3.05, 3.63) is 45.7 Å². The molecule has 0 spiro atoms. The molecule has 72 valence electrons. The molecule has 0 saturated heterocycles.